The van der Waals surface area contributed by atoms with Gasteiger partial charge in [-0.15, -0.1) is 0 Å². The van der Waals surface area contributed by atoms with Crippen LogP contribution < -0.4 is 5.73 Å². The summed E-state index contributed by atoms with van der Waals surface area (Å²) in [6.45, 7) is 0. The Morgan fingerprint density at radius 1 is 1.50 bits per heavy atom. The Balaban J connectivity index is 2.21. The Bertz CT molecular complexity index is 376. The van der Waals surface area contributed by atoms with Gasteiger partial charge in [-0.1, -0.05) is 12.1 Å². The Morgan fingerprint density at radius 3 is 2.50 bits per heavy atom. The molecule has 1 aromatic carbocycles. The lowest BCUT2D eigenvalue weighted by molar-refractivity contribution is -0.139. The number of carboxylic acid groups (broad SMARTS) is 1. The van der Waals surface area contributed by atoms with Gasteiger partial charge in [0.25, 0.3) is 0 Å². The van der Waals surface area contributed by atoms with E-state index >= 15 is 0 Å². The Morgan fingerprint density at radius 2 is 2.07 bits per heavy atom. The van der Waals surface area contributed by atoms with Crippen LogP contribution in [-0.2, 0) is 4.79 Å². The molecule has 1 aliphatic rings. The molecule has 4 heteroatoms. The van der Waals surface area contributed by atoms with E-state index in [1.807, 2.05) is 0 Å². The highest BCUT2D eigenvalue weighted by atomic mass is 19.1. The first kappa shape index (κ1) is 9.15. The maximum absolute atomic E-state index is 12.6. The fraction of sp³-hybridized carbons (Fsp3) is 0.300. The van der Waals surface area contributed by atoms with E-state index in [9.17, 15) is 9.18 Å². The van der Waals surface area contributed by atoms with Crippen LogP contribution in [0, 0.1) is 5.82 Å². The molecular formula is C10H10FNO2. The zero-order valence-corrected chi connectivity index (χ0v) is 7.40. The lowest BCUT2D eigenvalue weighted by Crippen LogP contribution is -2.34. The number of nitrogens with two attached hydrogens (primary N) is 1. The molecule has 0 radical (unpaired) electrons. The van der Waals surface area contributed by atoms with Crippen molar-refractivity contribution in [2.75, 3.05) is 0 Å². The van der Waals surface area contributed by atoms with E-state index < -0.39 is 11.5 Å². The summed E-state index contributed by atoms with van der Waals surface area (Å²) in [5, 5.41) is 8.80. The molecule has 0 saturated heterocycles. The quantitative estimate of drug-likeness (QED) is 0.742. The average Bonchev–Trinajstić information content (AvgIpc) is 2.81. The second kappa shape index (κ2) is 2.78. The first-order chi connectivity index (χ1) is 6.54. The summed E-state index contributed by atoms with van der Waals surface area (Å²) in [6, 6.07) is 5.79. The predicted molar refractivity (Wildman–Crippen MR) is 48.3 cm³/mol. The second-order valence-corrected chi connectivity index (χ2v) is 3.65. The highest BCUT2D eigenvalue weighted by molar-refractivity contribution is 5.84. The van der Waals surface area contributed by atoms with Crippen LogP contribution in [0.1, 0.15) is 17.9 Å². The molecule has 0 unspecified atom stereocenters. The van der Waals surface area contributed by atoms with Crippen molar-refractivity contribution in [1.29, 1.82) is 0 Å². The van der Waals surface area contributed by atoms with Gasteiger partial charge in [-0.25, -0.2) is 4.39 Å². The third-order valence-electron chi connectivity index (χ3n) is 2.67. The predicted octanol–water partition coefficient (Wildman–Crippen LogP) is 1.10. The van der Waals surface area contributed by atoms with Crippen molar-refractivity contribution < 1.29 is 14.3 Å². The standard InChI is InChI=1S/C10H10FNO2/c11-7-3-1-6(2-4-7)8-5-10(8,12)9(13)14/h1-4,8H,5,12H2,(H,13,14)/t8-,10+/m1/s1. The summed E-state index contributed by atoms with van der Waals surface area (Å²) in [4.78, 5) is 10.7. The highest BCUT2D eigenvalue weighted by Gasteiger charge is 2.58. The molecule has 0 spiro atoms. The van der Waals surface area contributed by atoms with Gasteiger partial charge in [-0.05, 0) is 24.1 Å². The van der Waals surface area contributed by atoms with Gasteiger partial charge < -0.3 is 10.8 Å². The second-order valence-electron chi connectivity index (χ2n) is 3.65. The molecule has 0 aliphatic heterocycles. The average molecular weight is 195 g/mol. The van der Waals surface area contributed by atoms with Crippen molar-refractivity contribution in [3.8, 4) is 0 Å². The molecule has 1 aromatic rings. The number of carbonyl (C=O) groups is 1. The first-order valence-electron chi connectivity index (χ1n) is 4.32. The van der Waals surface area contributed by atoms with Crippen molar-refractivity contribution in [1.82, 2.24) is 0 Å². The molecule has 2 rings (SSSR count). The molecule has 1 aliphatic carbocycles. The largest absolute Gasteiger partial charge is 0.480 e. The van der Waals surface area contributed by atoms with E-state index in [0.717, 1.165) is 5.56 Å². The monoisotopic (exact) mass is 195 g/mol. The number of carboxylic acids is 1. The van der Waals surface area contributed by atoms with Crippen molar-refractivity contribution >= 4 is 5.97 Å². The van der Waals surface area contributed by atoms with Crippen LogP contribution in [0.2, 0.25) is 0 Å². The van der Waals surface area contributed by atoms with Gasteiger partial charge in [0.2, 0.25) is 0 Å². The zero-order chi connectivity index (χ0) is 10.3. The van der Waals surface area contributed by atoms with Gasteiger partial charge >= 0.3 is 5.97 Å². The maximum atomic E-state index is 12.6. The van der Waals surface area contributed by atoms with Crippen molar-refractivity contribution in [2.45, 2.75) is 17.9 Å². The van der Waals surface area contributed by atoms with Crippen LogP contribution >= 0.6 is 0 Å². The SMILES string of the molecule is N[C@@]1(C(=O)O)C[C@@H]1c1ccc(F)cc1. The number of aliphatic carboxylic acids is 1. The number of rotatable bonds is 2. The minimum Gasteiger partial charge on any atom is -0.480 e. The van der Waals surface area contributed by atoms with E-state index in [1.54, 1.807) is 12.1 Å². The molecule has 0 aromatic heterocycles. The van der Waals surface area contributed by atoms with Crippen LogP contribution in [0.25, 0.3) is 0 Å². The number of hydrogen-bond donors (Lipinski definition) is 2. The molecule has 74 valence electrons. The molecule has 1 saturated carbocycles. The topological polar surface area (TPSA) is 63.3 Å². The minimum atomic E-state index is -1.14. The number of halogens is 1. The Labute approximate surface area is 80.3 Å². The van der Waals surface area contributed by atoms with Gasteiger partial charge in [-0.2, -0.15) is 0 Å². The van der Waals surface area contributed by atoms with Crippen LogP contribution in [-0.4, -0.2) is 16.6 Å². The highest BCUT2D eigenvalue weighted by Crippen LogP contribution is 2.49. The Kier molecular flexibility index (Phi) is 1.82. The molecule has 3 N–H and O–H groups in total. The van der Waals surface area contributed by atoms with Crippen LogP contribution in [0.15, 0.2) is 24.3 Å². The molecular weight excluding hydrogens is 185 g/mol. The van der Waals surface area contributed by atoms with E-state index in [0.29, 0.717) is 6.42 Å². The van der Waals surface area contributed by atoms with E-state index in [1.165, 1.54) is 12.1 Å². The normalized spacial score (nSPS) is 30.0. The summed E-state index contributed by atoms with van der Waals surface area (Å²) >= 11 is 0. The molecule has 0 amide bonds. The fourth-order valence-corrected chi connectivity index (χ4v) is 1.63. The molecule has 0 heterocycles. The van der Waals surface area contributed by atoms with Crippen molar-refractivity contribution in [3.05, 3.63) is 35.6 Å². The molecule has 0 bridgehead atoms. The fourth-order valence-electron chi connectivity index (χ4n) is 1.63. The van der Waals surface area contributed by atoms with Crippen molar-refractivity contribution in [2.24, 2.45) is 5.73 Å². The summed E-state index contributed by atoms with van der Waals surface area (Å²) in [5.74, 6) is -1.50. The first-order valence-corrected chi connectivity index (χ1v) is 4.32. The van der Waals surface area contributed by atoms with Gasteiger partial charge in [0, 0.05) is 5.92 Å². The van der Waals surface area contributed by atoms with Crippen LogP contribution in [0.5, 0.6) is 0 Å². The third-order valence-corrected chi connectivity index (χ3v) is 2.67. The summed E-state index contributed by atoms with van der Waals surface area (Å²) in [5.41, 5.74) is 5.26. The number of benzene rings is 1. The third kappa shape index (κ3) is 1.28. The van der Waals surface area contributed by atoms with Gasteiger partial charge in [-0.3, -0.25) is 4.79 Å². The van der Waals surface area contributed by atoms with Gasteiger partial charge in [0.1, 0.15) is 11.4 Å². The zero-order valence-electron chi connectivity index (χ0n) is 7.40. The summed E-state index contributed by atoms with van der Waals surface area (Å²) in [7, 11) is 0. The van der Waals surface area contributed by atoms with E-state index in [4.69, 9.17) is 10.8 Å². The van der Waals surface area contributed by atoms with E-state index in [-0.39, 0.29) is 11.7 Å². The van der Waals surface area contributed by atoms with Crippen LogP contribution in [0.4, 0.5) is 4.39 Å². The molecule has 3 nitrogen and oxygen atoms in total. The van der Waals surface area contributed by atoms with E-state index in [2.05, 4.69) is 0 Å². The molecule has 14 heavy (non-hydrogen) atoms. The maximum Gasteiger partial charge on any atom is 0.324 e. The lowest BCUT2D eigenvalue weighted by atomic mass is 10.1. The molecule has 2 atom stereocenters. The summed E-state index contributed by atoms with van der Waals surface area (Å²) < 4.78 is 12.6. The van der Waals surface area contributed by atoms with Gasteiger partial charge in [0.15, 0.2) is 0 Å². The smallest absolute Gasteiger partial charge is 0.324 e. The van der Waals surface area contributed by atoms with Crippen LogP contribution in [0.3, 0.4) is 0 Å². The van der Waals surface area contributed by atoms with Gasteiger partial charge in [0.05, 0.1) is 0 Å². The van der Waals surface area contributed by atoms with Crippen molar-refractivity contribution in [3.63, 3.8) is 0 Å². The minimum absolute atomic E-state index is 0.180. The Hall–Kier alpha value is -1.42. The summed E-state index contributed by atoms with van der Waals surface area (Å²) in [6.07, 6.45) is 0.425. The number of hydrogen-bond acceptors (Lipinski definition) is 2. The lowest BCUT2D eigenvalue weighted by Gasteiger charge is -2.04. The molecule has 1 fully saturated rings.